The van der Waals surface area contributed by atoms with Gasteiger partial charge in [0.2, 0.25) is 11.8 Å². The fraction of sp³-hybridized carbons (Fsp3) is 0.346. The van der Waals surface area contributed by atoms with Gasteiger partial charge in [-0.1, -0.05) is 43.2 Å². The minimum Gasteiger partial charge on any atom is -0.467 e. The summed E-state index contributed by atoms with van der Waals surface area (Å²) in [5.41, 5.74) is 1.66. The summed E-state index contributed by atoms with van der Waals surface area (Å²) in [6, 6.07) is 13.8. The van der Waals surface area contributed by atoms with Gasteiger partial charge in [0, 0.05) is 6.04 Å². The number of rotatable bonds is 9. The monoisotopic (exact) mass is 479 g/mol. The van der Waals surface area contributed by atoms with Crippen molar-refractivity contribution >= 4 is 29.1 Å². The molecule has 1 fully saturated rings. The summed E-state index contributed by atoms with van der Waals surface area (Å²) in [4.78, 5) is 41.6. The molecule has 0 unspecified atom stereocenters. The summed E-state index contributed by atoms with van der Waals surface area (Å²) in [6.07, 6.45) is 5.59. The lowest BCUT2D eigenvalue weighted by atomic mass is 9.98. The Morgan fingerprint density at radius 1 is 1.09 bits per heavy atom. The number of carbonyl (C=O) groups excluding carboxylic acids is 3. The Morgan fingerprint density at radius 2 is 1.88 bits per heavy atom. The molecule has 1 aliphatic rings. The van der Waals surface area contributed by atoms with Crippen LogP contribution in [0.25, 0.3) is 0 Å². The fourth-order valence-corrected chi connectivity index (χ4v) is 4.98. The van der Waals surface area contributed by atoms with E-state index in [4.69, 9.17) is 4.42 Å². The second-order valence-corrected chi connectivity index (χ2v) is 9.46. The first kappa shape index (κ1) is 23.8. The van der Waals surface area contributed by atoms with E-state index in [9.17, 15) is 14.4 Å². The molecule has 0 spiro atoms. The highest BCUT2D eigenvalue weighted by Gasteiger charge is 2.34. The van der Waals surface area contributed by atoms with Crippen molar-refractivity contribution in [2.45, 2.75) is 51.2 Å². The molecule has 2 heterocycles. The number of nitrogens with one attached hydrogen (secondary N) is 2. The van der Waals surface area contributed by atoms with Gasteiger partial charge in [0.15, 0.2) is 0 Å². The minimum atomic E-state index is -0.849. The lowest BCUT2D eigenvalue weighted by Gasteiger charge is -2.32. The Balaban J connectivity index is 1.62. The molecular weight excluding hydrogens is 450 g/mol. The largest absolute Gasteiger partial charge is 0.467 e. The number of thiophene rings is 1. The fourth-order valence-electron chi connectivity index (χ4n) is 4.34. The lowest BCUT2D eigenvalue weighted by Crippen LogP contribution is -2.48. The van der Waals surface area contributed by atoms with Crippen molar-refractivity contribution in [3.8, 4) is 0 Å². The molecular formula is C26H29N3O4S. The van der Waals surface area contributed by atoms with E-state index < -0.39 is 6.04 Å². The quantitative estimate of drug-likeness (QED) is 0.481. The summed E-state index contributed by atoms with van der Waals surface area (Å²) in [6.45, 7) is 1.81. The molecule has 8 heteroatoms. The molecule has 0 bridgehead atoms. The normalized spacial score (nSPS) is 14.5. The maximum atomic E-state index is 13.6. The highest BCUT2D eigenvalue weighted by atomic mass is 32.1. The summed E-state index contributed by atoms with van der Waals surface area (Å²) < 4.78 is 5.52. The zero-order chi connectivity index (χ0) is 23.9. The number of furan rings is 1. The maximum absolute atomic E-state index is 13.6. The van der Waals surface area contributed by atoms with Crippen LogP contribution in [-0.2, 0) is 16.1 Å². The third-order valence-electron chi connectivity index (χ3n) is 6.12. The first-order valence-corrected chi connectivity index (χ1v) is 12.4. The van der Waals surface area contributed by atoms with E-state index >= 15 is 0 Å². The van der Waals surface area contributed by atoms with Crippen molar-refractivity contribution in [3.05, 3.63) is 81.9 Å². The van der Waals surface area contributed by atoms with Crippen molar-refractivity contribution in [1.82, 2.24) is 15.5 Å². The summed E-state index contributed by atoms with van der Waals surface area (Å²) in [7, 11) is 0. The molecule has 0 radical (unpaired) electrons. The topological polar surface area (TPSA) is 91.7 Å². The predicted molar refractivity (Wildman–Crippen MR) is 130 cm³/mol. The molecule has 1 atom stereocenters. The van der Waals surface area contributed by atoms with Crippen molar-refractivity contribution in [1.29, 1.82) is 0 Å². The Labute approximate surface area is 203 Å². The molecule has 3 aromatic rings. The zero-order valence-electron chi connectivity index (χ0n) is 19.2. The van der Waals surface area contributed by atoms with E-state index in [1.54, 1.807) is 24.3 Å². The van der Waals surface area contributed by atoms with Crippen molar-refractivity contribution in [2.24, 2.45) is 0 Å². The van der Waals surface area contributed by atoms with Gasteiger partial charge in [0.1, 0.15) is 11.8 Å². The smallest absolute Gasteiger partial charge is 0.261 e. The van der Waals surface area contributed by atoms with Crippen LogP contribution in [0.5, 0.6) is 0 Å². The van der Waals surface area contributed by atoms with Gasteiger partial charge in [0.25, 0.3) is 5.91 Å². The number of amides is 3. The lowest BCUT2D eigenvalue weighted by molar-refractivity contribution is -0.141. The Morgan fingerprint density at radius 3 is 2.56 bits per heavy atom. The van der Waals surface area contributed by atoms with Gasteiger partial charge < -0.3 is 20.0 Å². The van der Waals surface area contributed by atoms with Gasteiger partial charge in [0.05, 0.1) is 24.2 Å². The van der Waals surface area contributed by atoms with Gasteiger partial charge in [-0.05, 0) is 54.5 Å². The second-order valence-electron chi connectivity index (χ2n) is 8.51. The molecule has 7 nitrogen and oxygen atoms in total. The number of hydrogen-bond acceptors (Lipinski definition) is 5. The molecule has 4 rings (SSSR count). The highest BCUT2D eigenvalue weighted by Crippen LogP contribution is 2.28. The molecule has 0 aliphatic heterocycles. The molecule has 1 saturated carbocycles. The number of nitrogens with zero attached hydrogens (tertiary/aromatic N) is 1. The van der Waals surface area contributed by atoms with Crippen LogP contribution >= 0.6 is 11.3 Å². The first-order chi connectivity index (χ1) is 16.5. The molecule has 1 aliphatic carbocycles. The van der Waals surface area contributed by atoms with Crippen LogP contribution in [-0.4, -0.2) is 35.2 Å². The molecule has 1 aromatic carbocycles. The van der Waals surface area contributed by atoms with E-state index in [0.29, 0.717) is 10.6 Å². The van der Waals surface area contributed by atoms with Gasteiger partial charge in [-0.2, -0.15) is 0 Å². The van der Waals surface area contributed by atoms with E-state index in [0.717, 1.165) is 36.8 Å². The van der Waals surface area contributed by atoms with Crippen LogP contribution in [0.3, 0.4) is 0 Å². The van der Waals surface area contributed by atoms with Crippen LogP contribution in [0.2, 0.25) is 0 Å². The first-order valence-electron chi connectivity index (χ1n) is 11.5. The van der Waals surface area contributed by atoms with Gasteiger partial charge in [-0.25, -0.2) is 0 Å². The highest BCUT2D eigenvalue weighted by molar-refractivity contribution is 7.12. The minimum absolute atomic E-state index is 0.109. The summed E-state index contributed by atoms with van der Waals surface area (Å²) in [5, 5.41) is 7.66. The number of hydrogen-bond donors (Lipinski definition) is 2. The van der Waals surface area contributed by atoms with Crippen LogP contribution in [0.1, 0.15) is 58.3 Å². The van der Waals surface area contributed by atoms with Crippen LogP contribution in [0, 0.1) is 6.92 Å². The number of aryl methyl sites for hydroxylation is 1. The Hall–Kier alpha value is -3.39. The van der Waals surface area contributed by atoms with Crippen molar-refractivity contribution in [2.75, 3.05) is 6.54 Å². The van der Waals surface area contributed by atoms with Crippen molar-refractivity contribution < 1.29 is 18.8 Å². The zero-order valence-corrected chi connectivity index (χ0v) is 20.0. The Kier molecular flexibility index (Phi) is 7.80. The van der Waals surface area contributed by atoms with Crippen LogP contribution in [0.15, 0.2) is 64.6 Å². The second kappa shape index (κ2) is 11.2. The number of benzene rings is 1. The third kappa shape index (κ3) is 5.75. The summed E-state index contributed by atoms with van der Waals surface area (Å²) >= 11 is 1.31. The molecule has 178 valence electrons. The third-order valence-corrected chi connectivity index (χ3v) is 6.99. The Bertz CT molecular complexity index is 1110. The van der Waals surface area contributed by atoms with Crippen LogP contribution < -0.4 is 10.6 Å². The standard InChI is InChI=1S/C26H29N3O4S/c1-18-8-2-5-12-21(18)24(26(32)28-19-9-3-4-10-19)29(17-20-11-6-14-33-20)23(30)16-27-25(31)22-13-7-15-34-22/h2,5-8,11-15,19,24H,3-4,9-10,16-17H2,1H3,(H,27,31)(H,28,32)/t24-/m0/s1. The predicted octanol–water partition coefficient (Wildman–Crippen LogP) is 4.21. The van der Waals surface area contributed by atoms with E-state index in [-0.39, 0.29) is 36.9 Å². The number of carbonyl (C=O) groups is 3. The average molecular weight is 480 g/mol. The van der Waals surface area contributed by atoms with E-state index in [2.05, 4.69) is 10.6 Å². The molecule has 3 amide bonds. The molecule has 34 heavy (non-hydrogen) atoms. The SMILES string of the molecule is Cc1ccccc1[C@@H](C(=O)NC1CCCC1)N(Cc1ccco1)C(=O)CNC(=O)c1cccs1. The summed E-state index contributed by atoms with van der Waals surface area (Å²) in [5.74, 6) is -0.337. The molecule has 0 saturated heterocycles. The van der Waals surface area contributed by atoms with Gasteiger partial charge in [-0.15, -0.1) is 11.3 Å². The van der Waals surface area contributed by atoms with Gasteiger partial charge in [-0.3, -0.25) is 14.4 Å². The van der Waals surface area contributed by atoms with Gasteiger partial charge >= 0.3 is 0 Å². The van der Waals surface area contributed by atoms with Crippen molar-refractivity contribution in [3.63, 3.8) is 0 Å². The average Bonchev–Trinajstić information content (AvgIpc) is 3.62. The van der Waals surface area contributed by atoms with Crippen LogP contribution in [0.4, 0.5) is 0 Å². The molecule has 2 N–H and O–H groups in total. The maximum Gasteiger partial charge on any atom is 0.261 e. The van der Waals surface area contributed by atoms with E-state index in [1.165, 1.54) is 22.5 Å². The molecule has 2 aromatic heterocycles. The van der Waals surface area contributed by atoms with E-state index in [1.807, 2.05) is 36.6 Å².